The Balaban J connectivity index is 2.10. The van der Waals surface area contributed by atoms with Gasteiger partial charge in [0, 0.05) is 12.4 Å². The molecule has 1 amide bonds. The molecular formula is C21H28NO4P. The number of alkyl carbamates (subject to hydrolysis) is 1. The maximum atomic E-state index is 13.6. The third-order valence-corrected chi connectivity index (χ3v) is 7.14. The molecule has 0 fully saturated rings. The zero-order chi connectivity index (χ0) is 19.5. The summed E-state index contributed by atoms with van der Waals surface area (Å²) in [5.41, 5.74) is 0.896. The molecule has 2 aromatic rings. The van der Waals surface area contributed by atoms with Crippen LogP contribution in [0.15, 0.2) is 60.7 Å². The summed E-state index contributed by atoms with van der Waals surface area (Å²) in [6.45, 7) is 2.26. The zero-order valence-electron chi connectivity index (χ0n) is 16.0. The van der Waals surface area contributed by atoms with Gasteiger partial charge in [-0.05, 0) is 24.1 Å². The van der Waals surface area contributed by atoms with Crippen molar-refractivity contribution in [3.63, 3.8) is 0 Å². The van der Waals surface area contributed by atoms with E-state index in [1.165, 1.54) is 7.11 Å². The van der Waals surface area contributed by atoms with E-state index in [0.717, 1.165) is 24.8 Å². The smallest absolute Gasteiger partial charge is 0.408 e. The predicted molar refractivity (Wildman–Crippen MR) is 108 cm³/mol. The van der Waals surface area contributed by atoms with Gasteiger partial charge in [-0.25, -0.2) is 4.79 Å². The van der Waals surface area contributed by atoms with Crippen molar-refractivity contribution in [2.75, 3.05) is 7.11 Å². The van der Waals surface area contributed by atoms with Crippen LogP contribution in [-0.2, 0) is 20.4 Å². The fourth-order valence-electron chi connectivity index (χ4n) is 2.86. The quantitative estimate of drug-likeness (QED) is 0.455. The van der Waals surface area contributed by atoms with Gasteiger partial charge in [-0.3, -0.25) is 4.57 Å². The molecule has 6 heteroatoms. The molecule has 146 valence electrons. The van der Waals surface area contributed by atoms with Crippen LogP contribution in [0.2, 0.25) is 0 Å². The van der Waals surface area contributed by atoms with Gasteiger partial charge in [0.25, 0.3) is 7.37 Å². The fourth-order valence-corrected chi connectivity index (χ4v) is 5.07. The van der Waals surface area contributed by atoms with Crippen molar-refractivity contribution in [3.8, 4) is 0 Å². The second-order valence-electron chi connectivity index (χ2n) is 6.33. The van der Waals surface area contributed by atoms with E-state index in [4.69, 9.17) is 9.26 Å². The summed E-state index contributed by atoms with van der Waals surface area (Å²) < 4.78 is 24.4. The Bertz CT molecular complexity index is 736. The molecule has 0 saturated heterocycles. The van der Waals surface area contributed by atoms with Crippen molar-refractivity contribution in [1.29, 1.82) is 0 Å². The van der Waals surface area contributed by atoms with Crippen LogP contribution in [0.5, 0.6) is 0 Å². The highest BCUT2D eigenvalue weighted by Gasteiger charge is 2.36. The second kappa shape index (κ2) is 10.9. The van der Waals surface area contributed by atoms with Crippen molar-refractivity contribution in [1.82, 2.24) is 5.32 Å². The minimum absolute atomic E-state index is 0.164. The summed E-state index contributed by atoms with van der Waals surface area (Å²) in [6.07, 6.45) is 2.85. The van der Waals surface area contributed by atoms with Gasteiger partial charge in [0.05, 0.1) is 0 Å². The number of hydrogen-bond acceptors (Lipinski definition) is 4. The van der Waals surface area contributed by atoms with Crippen molar-refractivity contribution in [2.45, 2.75) is 45.0 Å². The minimum atomic E-state index is -3.26. The Kier molecular flexibility index (Phi) is 8.56. The number of benzene rings is 2. The first-order chi connectivity index (χ1) is 13.1. The monoisotopic (exact) mass is 389 g/mol. The molecule has 2 rings (SSSR count). The molecule has 0 aliphatic heterocycles. The van der Waals surface area contributed by atoms with E-state index < -0.39 is 19.2 Å². The van der Waals surface area contributed by atoms with Crippen molar-refractivity contribution in [2.24, 2.45) is 0 Å². The average molecular weight is 389 g/mol. The van der Waals surface area contributed by atoms with Crippen LogP contribution >= 0.6 is 7.37 Å². The molecule has 0 bridgehead atoms. The molecule has 0 heterocycles. The van der Waals surface area contributed by atoms with Gasteiger partial charge in [0.15, 0.2) is 0 Å². The SMILES string of the molecule is CCCCC[C@H](NC(=O)OCc1ccccc1)[P@@](=O)(OC)c1ccccc1. The van der Waals surface area contributed by atoms with Crippen molar-refractivity contribution >= 4 is 18.8 Å². The summed E-state index contributed by atoms with van der Waals surface area (Å²) in [5, 5.41) is 3.38. The van der Waals surface area contributed by atoms with Crippen LogP contribution in [0, 0.1) is 0 Å². The second-order valence-corrected chi connectivity index (χ2v) is 9.03. The Labute approximate surface area is 161 Å². The van der Waals surface area contributed by atoms with Crippen LogP contribution in [-0.4, -0.2) is 19.0 Å². The maximum Gasteiger partial charge on any atom is 0.408 e. The zero-order valence-corrected chi connectivity index (χ0v) is 16.9. The topological polar surface area (TPSA) is 64.6 Å². The Morgan fingerprint density at radius 3 is 2.26 bits per heavy atom. The third kappa shape index (κ3) is 6.23. The van der Waals surface area contributed by atoms with E-state index >= 15 is 0 Å². The van der Waals surface area contributed by atoms with E-state index in [9.17, 15) is 9.36 Å². The summed E-state index contributed by atoms with van der Waals surface area (Å²) in [4.78, 5) is 12.3. The van der Waals surface area contributed by atoms with Crippen LogP contribution in [0.3, 0.4) is 0 Å². The molecule has 0 radical (unpaired) electrons. The lowest BCUT2D eigenvalue weighted by Crippen LogP contribution is -2.38. The first-order valence-corrected chi connectivity index (χ1v) is 11.0. The van der Waals surface area contributed by atoms with Crippen LogP contribution < -0.4 is 10.6 Å². The van der Waals surface area contributed by atoms with Crippen LogP contribution in [0.4, 0.5) is 4.79 Å². The molecule has 2 atom stereocenters. The lowest BCUT2D eigenvalue weighted by Gasteiger charge is -2.27. The van der Waals surface area contributed by atoms with Gasteiger partial charge < -0.3 is 14.6 Å². The standard InChI is InChI=1S/C21H28NO4P/c1-3-4-7-16-20(27(24,25-2)19-14-10-6-11-15-19)22-21(23)26-17-18-12-8-5-9-13-18/h5-6,8-15,20H,3-4,7,16-17H2,1-2H3,(H,22,23)/t20-,27+/m1/s1. The largest absolute Gasteiger partial charge is 0.445 e. The number of unbranched alkanes of at least 4 members (excludes halogenated alkanes) is 2. The van der Waals surface area contributed by atoms with Crippen molar-refractivity contribution < 1.29 is 18.6 Å². The Morgan fingerprint density at radius 2 is 1.67 bits per heavy atom. The highest BCUT2D eigenvalue weighted by Crippen LogP contribution is 2.50. The summed E-state index contributed by atoms with van der Waals surface area (Å²) >= 11 is 0. The lowest BCUT2D eigenvalue weighted by atomic mass is 10.2. The molecular weight excluding hydrogens is 361 g/mol. The fraction of sp³-hybridized carbons (Fsp3) is 0.381. The number of ether oxygens (including phenoxy) is 1. The molecule has 5 nitrogen and oxygen atoms in total. The minimum Gasteiger partial charge on any atom is -0.445 e. The first-order valence-electron chi connectivity index (χ1n) is 9.28. The van der Waals surface area contributed by atoms with Gasteiger partial charge in [-0.1, -0.05) is 74.7 Å². The summed E-state index contributed by atoms with van der Waals surface area (Å²) in [7, 11) is -1.84. The highest BCUT2D eigenvalue weighted by atomic mass is 31.2. The Morgan fingerprint density at radius 1 is 1.04 bits per heavy atom. The Hall–Kier alpha value is -2.10. The van der Waals surface area contributed by atoms with E-state index in [2.05, 4.69) is 12.2 Å². The molecule has 0 aliphatic carbocycles. The number of nitrogens with one attached hydrogen (secondary N) is 1. The molecule has 1 N–H and O–H groups in total. The number of rotatable bonds is 10. The molecule has 0 aliphatic rings. The van der Waals surface area contributed by atoms with Crippen LogP contribution in [0.1, 0.15) is 38.2 Å². The maximum absolute atomic E-state index is 13.6. The number of hydrogen-bond donors (Lipinski definition) is 1. The predicted octanol–water partition coefficient (Wildman–Crippen LogP) is 5.07. The number of carbonyl (C=O) groups is 1. The molecule has 0 aromatic heterocycles. The van der Waals surface area contributed by atoms with Gasteiger partial charge in [0.1, 0.15) is 12.4 Å². The third-order valence-electron chi connectivity index (χ3n) is 4.38. The normalized spacial score (nSPS) is 14.1. The van der Waals surface area contributed by atoms with E-state index in [0.29, 0.717) is 11.7 Å². The average Bonchev–Trinajstić information content (AvgIpc) is 2.72. The molecule has 0 spiro atoms. The van der Waals surface area contributed by atoms with E-state index in [-0.39, 0.29) is 6.61 Å². The van der Waals surface area contributed by atoms with Gasteiger partial charge >= 0.3 is 6.09 Å². The molecule has 2 aromatic carbocycles. The van der Waals surface area contributed by atoms with Gasteiger partial charge in [-0.15, -0.1) is 0 Å². The highest BCUT2D eigenvalue weighted by molar-refractivity contribution is 7.67. The lowest BCUT2D eigenvalue weighted by molar-refractivity contribution is 0.137. The summed E-state index contributed by atoms with van der Waals surface area (Å²) in [5.74, 6) is -0.625. The number of amides is 1. The molecule has 0 unspecified atom stereocenters. The summed E-state index contributed by atoms with van der Waals surface area (Å²) in [6, 6.07) is 18.5. The molecule has 0 saturated carbocycles. The van der Waals surface area contributed by atoms with E-state index in [1.54, 1.807) is 12.1 Å². The number of carbonyl (C=O) groups excluding carboxylic acids is 1. The van der Waals surface area contributed by atoms with Gasteiger partial charge in [0.2, 0.25) is 0 Å². The van der Waals surface area contributed by atoms with Crippen molar-refractivity contribution in [3.05, 3.63) is 66.2 Å². The first kappa shape index (κ1) is 21.2. The molecule has 27 heavy (non-hydrogen) atoms. The van der Waals surface area contributed by atoms with Gasteiger partial charge in [-0.2, -0.15) is 0 Å². The van der Waals surface area contributed by atoms with Crippen LogP contribution in [0.25, 0.3) is 0 Å². The van der Waals surface area contributed by atoms with E-state index in [1.807, 2.05) is 48.5 Å².